The van der Waals surface area contributed by atoms with E-state index in [1.165, 1.54) is 168 Å². The third-order valence-corrected chi connectivity index (χ3v) is 13.7. The Hall–Kier alpha value is -3.52. The molecule has 1 fully saturated rings. The van der Waals surface area contributed by atoms with E-state index in [2.05, 4.69) is 120 Å². The van der Waals surface area contributed by atoms with Gasteiger partial charge < -0.3 is 11.5 Å². The summed E-state index contributed by atoms with van der Waals surface area (Å²) in [5.74, 6) is 1.45. The highest BCUT2D eigenvalue weighted by Crippen LogP contribution is 2.50. The Morgan fingerprint density at radius 3 is 1.32 bits per heavy atom. The van der Waals surface area contributed by atoms with E-state index in [0.29, 0.717) is 17.8 Å². The van der Waals surface area contributed by atoms with Crippen LogP contribution >= 0.6 is 0 Å². The Labute approximate surface area is 343 Å². The maximum absolute atomic E-state index is 6.26. The van der Waals surface area contributed by atoms with Crippen molar-refractivity contribution in [2.24, 2.45) is 5.92 Å². The van der Waals surface area contributed by atoms with Crippen LogP contribution in [0, 0.1) is 19.8 Å². The van der Waals surface area contributed by atoms with Crippen LogP contribution in [-0.4, -0.2) is 0 Å². The Morgan fingerprint density at radius 1 is 0.500 bits per heavy atom. The zero-order valence-corrected chi connectivity index (χ0v) is 36.3. The van der Waals surface area contributed by atoms with E-state index >= 15 is 0 Å². The second kappa shape index (κ2) is 22.4. The topological polar surface area (TPSA) is 52.0 Å². The van der Waals surface area contributed by atoms with Gasteiger partial charge in [0.1, 0.15) is 0 Å². The molecule has 2 unspecified atom stereocenters. The Kier molecular flexibility index (Phi) is 17.5. The fraction of sp³-hybridized carbons (Fsp3) is 0.556. The van der Waals surface area contributed by atoms with E-state index in [0.717, 1.165) is 11.4 Å². The molecule has 0 bridgehead atoms. The van der Waals surface area contributed by atoms with Crippen molar-refractivity contribution in [3.63, 3.8) is 0 Å². The lowest BCUT2D eigenvalue weighted by Gasteiger charge is -2.45. The van der Waals surface area contributed by atoms with Gasteiger partial charge in [-0.25, -0.2) is 0 Å². The average molecular weight is 755 g/mol. The van der Waals surface area contributed by atoms with Crippen LogP contribution in [0.2, 0.25) is 0 Å². The molecule has 4 aromatic rings. The summed E-state index contributed by atoms with van der Waals surface area (Å²) in [6, 6.07) is 33.5. The van der Waals surface area contributed by atoms with Crippen molar-refractivity contribution < 1.29 is 0 Å². The van der Waals surface area contributed by atoms with Crippen LogP contribution in [0.15, 0.2) is 84.9 Å². The maximum Gasteiger partial charge on any atom is 0.0316 e. The Bertz CT molecular complexity index is 1600. The van der Waals surface area contributed by atoms with Gasteiger partial charge >= 0.3 is 0 Å². The molecular formula is C54H78N2. The lowest BCUT2D eigenvalue weighted by Crippen LogP contribution is -2.38. The summed E-state index contributed by atoms with van der Waals surface area (Å²) in [5, 5.41) is 0. The lowest BCUT2D eigenvalue weighted by atomic mass is 9.59. The van der Waals surface area contributed by atoms with E-state index < -0.39 is 0 Å². The standard InChI is InChI=1S/C54H78N2/c1-6-9-12-15-21-38-54(45-22-17-16-18-23-45,46-30-26-43(27-31-46)52(24-19-13-10-7-2)50-36-34-48(55)39-41(50)4)47-32-28-44(29-33-47)53(25-20-14-11-8-3)51-37-35-49(56)40-42(51)5/h26-37,39-40,45,52-53H,6-25,38,55-56H2,1-5H3. The fourth-order valence-corrected chi connectivity index (χ4v) is 10.5. The monoisotopic (exact) mass is 755 g/mol. The highest BCUT2D eigenvalue weighted by molar-refractivity contribution is 5.51. The highest BCUT2D eigenvalue weighted by atomic mass is 14.5. The zero-order chi connectivity index (χ0) is 39.8. The van der Waals surface area contributed by atoms with Crippen molar-refractivity contribution in [1.82, 2.24) is 0 Å². The van der Waals surface area contributed by atoms with Gasteiger partial charge in [0.25, 0.3) is 0 Å². The molecule has 56 heavy (non-hydrogen) atoms. The van der Waals surface area contributed by atoms with Crippen LogP contribution in [-0.2, 0) is 5.41 Å². The molecule has 0 saturated heterocycles. The minimum absolute atomic E-state index is 0.0190. The number of hydrogen-bond donors (Lipinski definition) is 2. The molecule has 0 heterocycles. The van der Waals surface area contributed by atoms with Gasteiger partial charge in [-0.1, -0.05) is 184 Å². The van der Waals surface area contributed by atoms with Crippen LogP contribution in [0.4, 0.5) is 11.4 Å². The van der Waals surface area contributed by atoms with Crippen LogP contribution in [0.25, 0.3) is 0 Å². The molecule has 1 aliphatic rings. The summed E-state index contributed by atoms with van der Waals surface area (Å²) in [5.41, 5.74) is 25.8. The fourth-order valence-electron chi connectivity index (χ4n) is 10.5. The number of anilines is 2. The predicted molar refractivity (Wildman–Crippen MR) is 246 cm³/mol. The first-order valence-corrected chi connectivity index (χ1v) is 23.2. The van der Waals surface area contributed by atoms with Gasteiger partial charge in [0.2, 0.25) is 0 Å². The quantitative estimate of drug-likeness (QED) is 0.0585. The summed E-state index contributed by atoms with van der Waals surface area (Å²) in [6.45, 7) is 11.5. The van der Waals surface area contributed by atoms with Gasteiger partial charge in [0.05, 0.1) is 0 Å². The highest BCUT2D eigenvalue weighted by Gasteiger charge is 2.42. The van der Waals surface area contributed by atoms with Crippen molar-refractivity contribution in [3.8, 4) is 0 Å². The molecule has 0 radical (unpaired) electrons. The molecule has 2 nitrogen and oxygen atoms in total. The predicted octanol–water partition coefficient (Wildman–Crippen LogP) is 15.9. The Morgan fingerprint density at radius 2 is 0.911 bits per heavy atom. The zero-order valence-electron chi connectivity index (χ0n) is 36.3. The minimum atomic E-state index is 0.0190. The molecule has 4 aromatic carbocycles. The molecule has 2 heteroatoms. The molecule has 4 N–H and O–H groups in total. The number of nitrogen functional groups attached to an aromatic ring is 2. The van der Waals surface area contributed by atoms with E-state index in [4.69, 9.17) is 11.5 Å². The molecule has 2 atom stereocenters. The van der Waals surface area contributed by atoms with Gasteiger partial charge in [0.15, 0.2) is 0 Å². The SMILES string of the molecule is CCCCCCCC(c1ccc(C(CCCCCC)c2ccc(N)cc2C)cc1)(c1ccc(C(CCCCCC)c2ccc(N)cc2C)cc1)C1CCCCC1. The van der Waals surface area contributed by atoms with E-state index in [1.54, 1.807) is 11.1 Å². The summed E-state index contributed by atoms with van der Waals surface area (Å²) in [7, 11) is 0. The number of hydrogen-bond acceptors (Lipinski definition) is 2. The molecule has 0 amide bonds. The molecule has 5 rings (SSSR count). The second-order valence-electron chi connectivity index (χ2n) is 17.8. The van der Waals surface area contributed by atoms with Gasteiger partial charge in [-0.15, -0.1) is 0 Å². The van der Waals surface area contributed by atoms with E-state index in [-0.39, 0.29) is 5.41 Å². The van der Waals surface area contributed by atoms with Gasteiger partial charge in [0, 0.05) is 28.6 Å². The molecular weight excluding hydrogens is 677 g/mol. The molecule has 304 valence electrons. The van der Waals surface area contributed by atoms with Crippen molar-refractivity contribution >= 4 is 11.4 Å². The average Bonchev–Trinajstić information content (AvgIpc) is 3.21. The number of benzene rings is 4. The second-order valence-corrected chi connectivity index (χ2v) is 17.8. The van der Waals surface area contributed by atoms with Crippen molar-refractivity contribution in [3.05, 3.63) is 129 Å². The molecule has 1 aliphatic carbocycles. The summed E-state index contributed by atoms with van der Waals surface area (Å²) in [6.07, 6.45) is 27.2. The van der Waals surface area contributed by atoms with E-state index in [1.807, 2.05) is 0 Å². The van der Waals surface area contributed by atoms with Crippen molar-refractivity contribution in [1.29, 1.82) is 0 Å². The first-order valence-electron chi connectivity index (χ1n) is 23.2. The van der Waals surface area contributed by atoms with Gasteiger partial charge in [-0.3, -0.25) is 0 Å². The smallest absolute Gasteiger partial charge is 0.0316 e. The Balaban J connectivity index is 1.57. The van der Waals surface area contributed by atoms with Crippen LogP contribution in [0.1, 0.15) is 212 Å². The third-order valence-electron chi connectivity index (χ3n) is 13.7. The molecule has 0 aliphatic heterocycles. The van der Waals surface area contributed by atoms with Crippen LogP contribution in [0.5, 0.6) is 0 Å². The number of rotatable bonds is 23. The largest absolute Gasteiger partial charge is 0.399 e. The minimum Gasteiger partial charge on any atom is -0.399 e. The van der Waals surface area contributed by atoms with Crippen LogP contribution < -0.4 is 11.5 Å². The number of unbranched alkanes of at least 4 members (excludes halogenated alkanes) is 10. The normalized spacial score (nSPS) is 15.7. The first-order chi connectivity index (χ1) is 27.3. The van der Waals surface area contributed by atoms with Crippen molar-refractivity contribution in [2.75, 3.05) is 11.5 Å². The summed E-state index contributed by atoms with van der Waals surface area (Å²) >= 11 is 0. The summed E-state index contributed by atoms with van der Waals surface area (Å²) < 4.78 is 0. The summed E-state index contributed by atoms with van der Waals surface area (Å²) in [4.78, 5) is 0. The van der Waals surface area contributed by atoms with E-state index in [9.17, 15) is 0 Å². The van der Waals surface area contributed by atoms with Gasteiger partial charge in [-0.05, 0) is 121 Å². The van der Waals surface area contributed by atoms with Gasteiger partial charge in [-0.2, -0.15) is 0 Å². The third kappa shape index (κ3) is 11.3. The number of nitrogens with two attached hydrogens (primary N) is 2. The molecule has 0 aromatic heterocycles. The van der Waals surface area contributed by atoms with Crippen molar-refractivity contribution in [2.45, 2.75) is 187 Å². The molecule has 1 saturated carbocycles. The van der Waals surface area contributed by atoms with Crippen LogP contribution in [0.3, 0.4) is 0 Å². The first kappa shape index (κ1) is 43.6. The number of aryl methyl sites for hydroxylation is 2. The molecule has 0 spiro atoms. The maximum atomic E-state index is 6.26. The lowest BCUT2D eigenvalue weighted by molar-refractivity contribution is 0.220.